The van der Waals surface area contributed by atoms with E-state index in [1.807, 2.05) is 31.7 Å². The van der Waals surface area contributed by atoms with E-state index in [0.717, 1.165) is 34.9 Å². The number of carbonyl (C=O) groups excluding carboxylic acids is 1. The zero-order valence-electron chi connectivity index (χ0n) is 15.8. The summed E-state index contributed by atoms with van der Waals surface area (Å²) in [7, 11) is 0. The molecule has 2 aliphatic heterocycles. The number of amides is 1. The van der Waals surface area contributed by atoms with E-state index >= 15 is 0 Å². The Morgan fingerprint density at radius 2 is 2.04 bits per heavy atom. The predicted octanol–water partition coefficient (Wildman–Crippen LogP) is 3.45. The van der Waals surface area contributed by atoms with E-state index in [2.05, 4.69) is 36.2 Å². The van der Waals surface area contributed by atoms with Crippen LogP contribution in [0.4, 0.5) is 4.79 Å². The Morgan fingerprint density at radius 1 is 1.30 bits per heavy atom. The van der Waals surface area contributed by atoms with E-state index in [4.69, 9.17) is 4.74 Å². The van der Waals surface area contributed by atoms with Crippen molar-refractivity contribution in [1.82, 2.24) is 25.2 Å². The Morgan fingerprint density at radius 3 is 2.67 bits per heavy atom. The number of halogens is 1. The normalized spacial score (nSPS) is 21.9. The highest BCUT2D eigenvalue weighted by molar-refractivity contribution is 9.10. The van der Waals surface area contributed by atoms with Gasteiger partial charge in [0.1, 0.15) is 11.9 Å². The Labute approximate surface area is 167 Å². The molecule has 7 nitrogen and oxygen atoms in total. The highest BCUT2D eigenvalue weighted by Crippen LogP contribution is 2.49. The summed E-state index contributed by atoms with van der Waals surface area (Å²) >= 11 is 3.49. The molecule has 0 bridgehead atoms. The predicted molar refractivity (Wildman–Crippen MR) is 105 cm³/mol. The third-order valence-electron chi connectivity index (χ3n) is 5.44. The number of fused-ring (bicyclic) bond motifs is 1. The second-order valence-electron chi connectivity index (χ2n) is 8.43. The monoisotopic (exact) mass is 433 g/mol. The average molecular weight is 434 g/mol. The summed E-state index contributed by atoms with van der Waals surface area (Å²) < 4.78 is 6.43. The fourth-order valence-electron chi connectivity index (χ4n) is 3.97. The molecule has 1 amide bonds. The highest BCUT2D eigenvalue weighted by Gasteiger charge is 2.50. The summed E-state index contributed by atoms with van der Waals surface area (Å²) in [4.78, 5) is 27.4. The topological polar surface area (TPSA) is 80.2 Å². The van der Waals surface area contributed by atoms with Gasteiger partial charge in [0.25, 0.3) is 0 Å². The van der Waals surface area contributed by atoms with Gasteiger partial charge in [-0.25, -0.2) is 19.7 Å². The lowest BCUT2D eigenvalue weighted by atomic mass is 9.65. The quantitative estimate of drug-likeness (QED) is 0.741. The molecule has 2 saturated heterocycles. The molecule has 0 aromatic carbocycles. The van der Waals surface area contributed by atoms with Gasteiger partial charge in [0.2, 0.25) is 0 Å². The van der Waals surface area contributed by atoms with Crippen LogP contribution in [0.2, 0.25) is 0 Å². The van der Waals surface area contributed by atoms with Crippen LogP contribution in [0.15, 0.2) is 23.1 Å². The summed E-state index contributed by atoms with van der Waals surface area (Å²) in [6.07, 6.45) is 4.97. The maximum atomic E-state index is 12.3. The number of nitrogens with zero attached hydrogens (tertiary/aromatic N) is 4. The number of nitrogens with one attached hydrogen (secondary N) is 1. The number of rotatable bonds is 1. The minimum atomic E-state index is -0.465. The summed E-state index contributed by atoms with van der Waals surface area (Å²) in [5, 5.41) is 4.52. The summed E-state index contributed by atoms with van der Waals surface area (Å²) in [5.41, 5.74) is 1.35. The Balaban J connectivity index is 1.52. The maximum Gasteiger partial charge on any atom is 0.410 e. The van der Waals surface area contributed by atoms with Crippen molar-refractivity contribution in [3.63, 3.8) is 0 Å². The SMILES string of the molecule is CC(C)(C)OC(=O)N1CCC2(CC1)CNC2c1ncnc2ncc(Br)cc12. The number of aromatic nitrogens is 3. The number of likely N-dealkylation sites (tertiary alicyclic amines) is 1. The molecule has 27 heavy (non-hydrogen) atoms. The first kappa shape index (κ1) is 18.6. The van der Waals surface area contributed by atoms with Gasteiger partial charge in [0.05, 0.1) is 11.7 Å². The van der Waals surface area contributed by atoms with Gasteiger partial charge in [-0.1, -0.05) is 0 Å². The number of ether oxygens (including phenoxy) is 1. The molecule has 8 heteroatoms. The van der Waals surface area contributed by atoms with Crippen LogP contribution in [0, 0.1) is 5.41 Å². The molecule has 4 heterocycles. The molecular formula is C19H24BrN5O2. The zero-order valence-corrected chi connectivity index (χ0v) is 17.4. The van der Waals surface area contributed by atoms with E-state index in [-0.39, 0.29) is 17.6 Å². The smallest absolute Gasteiger partial charge is 0.410 e. The average Bonchev–Trinajstić information content (AvgIpc) is 2.60. The lowest BCUT2D eigenvalue weighted by Gasteiger charge is -2.54. The third-order valence-corrected chi connectivity index (χ3v) is 5.87. The van der Waals surface area contributed by atoms with Crippen LogP contribution < -0.4 is 5.32 Å². The fourth-order valence-corrected chi connectivity index (χ4v) is 4.31. The van der Waals surface area contributed by atoms with Crippen molar-refractivity contribution in [2.24, 2.45) is 5.41 Å². The molecule has 2 aromatic rings. The molecule has 1 spiro atoms. The van der Waals surface area contributed by atoms with Crippen molar-refractivity contribution in [2.75, 3.05) is 19.6 Å². The Kier molecular flexibility index (Phi) is 4.58. The number of piperidine rings is 1. The first-order chi connectivity index (χ1) is 12.8. The van der Waals surface area contributed by atoms with Crippen molar-refractivity contribution in [3.05, 3.63) is 28.8 Å². The van der Waals surface area contributed by atoms with Gasteiger partial charge in [-0.05, 0) is 55.6 Å². The van der Waals surface area contributed by atoms with Gasteiger partial charge in [-0.3, -0.25) is 0 Å². The van der Waals surface area contributed by atoms with Crippen molar-refractivity contribution >= 4 is 33.1 Å². The number of hydrogen-bond acceptors (Lipinski definition) is 6. The fraction of sp³-hybridized carbons (Fsp3) is 0.579. The van der Waals surface area contributed by atoms with Gasteiger partial charge in [0, 0.05) is 41.1 Å². The largest absolute Gasteiger partial charge is 0.444 e. The number of pyridine rings is 1. The van der Waals surface area contributed by atoms with Crippen LogP contribution in [0.3, 0.4) is 0 Å². The van der Waals surface area contributed by atoms with Crippen molar-refractivity contribution in [3.8, 4) is 0 Å². The lowest BCUT2D eigenvalue weighted by Crippen LogP contribution is -2.61. The zero-order chi connectivity index (χ0) is 19.2. The second kappa shape index (κ2) is 6.67. The van der Waals surface area contributed by atoms with Crippen LogP contribution in [0.25, 0.3) is 11.0 Å². The van der Waals surface area contributed by atoms with Crippen LogP contribution in [0.5, 0.6) is 0 Å². The minimum absolute atomic E-state index is 0.113. The Hall–Kier alpha value is -1.80. The van der Waals surface area contributed by atoms with E-state index < -0.39 is 5.60 Å². The molecule has 2 aliphatic rings. The van der Waals surface area contributed by atoms with Crippen LogP contribution in [0.1, 0.15) is 45.3 Å². The molecule has 2 fully saturated rings. The lowest BCUT2D eigenvalue weighted by molar-refractivity contribution is -0.0187. The van der Waals surface area contributed by atoms with Crippen LogP contribution in [-0.4, -0.2) is 51.2 Å². The summed E-state index contributed by atoms with van der Waals surface area (Å²) in [5.74, 6) is 0. The first-order valence-electron chi connectivity index (χ1n) is 9.25. The molecule has 2 aromatic heterocycles. The molecule has 0 saturated carbocycles. The Bertz CT molecular complexity index is 874. The van der Waals surface area contributed by atoms with Gasteiger partial charge >= 0.3 is 6.09 Å². The molecule has 1 unspecified atom stereocenters. The van der Waals surface area contributed by atoms with Gasteiger partial charge in [0.15, 0.2) is 5.65 Å². The van der Waals surface area contributed by atoms with Gasteiger partial charge < -0.3 is 15.0 Å². The van der Waals surface area contributed by atoms with Crippen LogP contribution >= 0.6 is 15.9 Å². The molecular weight excluding hydrogens is 410 g/mol. The van der Waals surface area contributed by atoms with E-state index in [9.17, 15) is 4.79 Å². The molecule has 144 valence electrons. The molecule has 0 radical (unpaired) electrons. The van der Waals surface area contributed by atoms with Crippen molar-refractivity contribution < 1.29 is 9.53 Å². The summed E-state index contributed by atoms with van der Waals surface area (Å²) in [6.45, 7) is 8.04. The van der Waals surface area contributed by atoms with Crippen molar-refractivity contribution in [2.45, 2.75) is 45.3 Å². The van der Waals surface area contributed by atoms with E-state index in [0.29, 0.717) is 18.7 Å². The van der Waals surface area contributed by atoms with Gasteiger partial charge in [-0.15, -0.1) is 0 Å². The third kappa shape index (κ3) is 3.52. The number of carbonyl (C=O) groups is 1. The minimum Gasteiger partial charge on any atom is -0.444 e. The maximum absolute atomic E-state index is 12.3. The highest BCUT2D eigenvalue weighted by atomic mass is 79.9. The molecule has 1 N–H and O–H groups in total. The molecule has 1 atom stereocenters. The van der Waals surface area contributed by atoms with Crippen LogP contribution in [-0.2, 0) is 4.74 Å². The van der Waals surface area contributed by atoms with E-state index in [1.165, 1.54) is 0 Å². The summed E-state index contributed by atoms with van der Waals surface area (Å²) in [6, 6.07) is 2.18. The molecule has 0 aliphatic carbocycles. The van der Waals surface area contributed by atoms with E-state index in [1.54, 1.807) is 12.5 Å². The second-order valence-corrected chi connectivity index (χ2v) is 9.34. The van der Waals surface area contributed by atoms with Crippen molar-refractivity contribution in [1.29, 1.82) is 0 Å². The number of hydrogen-bond donors (Lipinski definition) is 1. The molecule has 4 rings (SSSR count). The van der Waals surface area contributed by atoms with Gasteiger partial charge in [-0.2, -0.15) is 0 Å². The first-order valence-corrected chi connectivity index (χ1v) is 10.0. The standard InChI is InChI=1S/C19H24BrN5O2/c1-18(2,3)27-17(26)25-6-4-19(5-7-25)10-22-15(19)14-13-8-12(20)9-21-16(13)24-11-23-14/h8-9,11,15,22H,4-7,10H2,1-3H3.